The van der Waals surface area contributed by atoms with Crippen LogP contribution in [0.3, 0.4) is 0 Å². The molecule has 3 aromatic heterocycles. The largest absolute Gasteiger partial charge is 0.497 e. The zero-order valence-electron chi connectivity index (χ0n) is 18.8. The molecule has 0 bridgehead atoms. The third-order valence-electron chi connectivity index (χ3n) is 5.57. The van der Waals surface area contributed by atoms with Gasteiger partial charge in [0, 0.05) is 46.9 Å². The van der Waals surface area contributed by atoms with Crippen LogP contribution in [0.4, 0.5) is 0 Å². The first-order valence-electron chi connectivity index (χ1n) is 10.8. The smallest absolute Gasteiger partial charge is 0.336 e. The monoisotopic (exact) mass is 470 g/mol. The second-order valence-electron chi connectivity index (χ2n) is 7.64. The van der Waals surface area contributed by atoms with Crippen molar-refractivity contribution in [3.05, 3.63) is 94.6 Å². The van der Waals surface area contributed by atoms with E-state index < -0.39 is 5.63 Å². The highest BCUT2D eigenvalue weighted by molar-refractivity contribution is 7.98. The Hall–Kier alpha value is -3.91. The number of aryl methyl sites for hydroxylation is 1. The van der Waals surface area contributed by atoms with Gasteiger partial charge in [0.2, 0.25) is 0 Å². The fraction of sp³-hybridized carbons (Fsp3) is 0.154. The molecule has 5 aromatic rings. The van der Waals surface area contributed by atoms with E-state index in [2.05, 4.69) is 46.4 Å². The molecule has 3 heterocycles. The molecule has 0 aliphatic rings. The molecule has 0 amide bonds. The number of hydrogen-bond donors (Lipinski definition) is 0. The van der Waals surface area contributed by atoms with Crippen molar-refractivity contribution in [1.29, 1.82) is 0 Å². The van der Waals surface area contributed by atoms with Gasteiger partial charge in [-0.25, -0.2) is 4.79 Å². The molecular weight excluding hydrogens is 448 g/mol. The van der Waals surface area contributed by atoms with Gasteiger partial charge in [-0.1, -0.05) is 30.8 Å². The molecule has 0 N–H and O–H groups in total. The van der Waals surface area contributed by atoms with Gasteiger partial charge in [0.25, 0.3) is 0 Å². The maximum Gasteiger partial charge on any atom is 0.336 e. The van der Waals surface area contributed by atoms with Gasteiger partial charge in [-0.2, -0.15) is 0 Å². The van der Waals surface area contributed by atoms with Crippen molar-refractivity contribution >= 4 is 22.7 Å². The summed E-state index contributed by atoms with van der Waals surface area (Å²) >= 11 is 1.52. The Kier molecular flexibility index (Phi) is 6.14. The Morgan fingerprint density at radius 3 is 2.53 bits per heavy atom. The molecule has 0 saturated carbocycles. The molecule has 0 atom stereocenters. The Bertz CT molecular complexity index is 1490. The van der Waals surface area contributed by atoms with Crippen LogP contribution in [0.5, 0.6) is 5.75 Å². The third kappa shape index (κ3) is 4.32. The quantitative estimate of drug-likeness (QED) is 0.236. The number of methoxy groups -OCH3 is 1. The summed E-state index contributed by atoms with van der Waals surface area (Å²) in [6.07, 6.45) is 4.45. The van der Waals surface area contributed by atoms with Crippen LogP contribution >= 0.6 is 11.8 Å². The summed E-state index contributed by atoms with van der Waals surface area (Å²) in [5, 5.41) is 10.6. The van der Waals surface area contributed by atoms with Crippen LogP contribution in [0.25, 0.3) is 28.0 Å². The summed E-state index contributed by atoms with van der Waals surface area (Å²) in [4.78, 5) is 16.3. The van der Waals surface area contributed by atoms with Gasteiger partial charge < -0.3 is 9.15 Å². The Morgan fingerprint density at radius 2 is 1.79 bits per heavy atom. The average molecular weight is 471 g/mol. The standard InChI is InChI=1S/C26H22N4O3S/c1-3-17-4-6-20(7-5-17)30-25(18-10-12-27-13-11-18)28-29-26(30)34-16-19-14-24(31)33-23-15-21(32-2)8-9-22(19)23/h4-15H,3,16H2,1-2H3. The predicted octanol–water partition coefficient (Wildman–Crippen LogP) is 5.30. The molecule has 0 fully saturated rings. The highest BCUT2D eigenvalue weighted by Gasteiger charge is 2.17. The number of fused-ring (bicyclic) bond motifs is 1. The number of pyridine rings is 1. The molecule has 0 aliphatic carbocycles. The van der Waals surface area contributed by atoms with Crippen LogP contribution in [0.1, 0.15) is 18.1 Å². The number of rotatable bonds is 7. The van der Waals surface area contributed by atoms with Crippen molar-refractivity contribution in [2.24, 2.45) is 0 Å². The number of benzene rings is 2. The zero-order valence-corrected chi connectivity index (χ0v) is 19.6. The fourth-order valence-electron chi connectivity index (χ4n) is 3.76. The summed E-state index contributed by atoms with van der Waals surface area (Å²) < 4.78 is 12.7. The minimum absolute atomic E-state index is 0.398. The highest BCUT2D eigenvalue weighted by Crippen LogP contribution is 2.32. The van der Waals surface area contributed by atoms with Crippen molar-refractivity contribution in [3.8, 4) is 22.8 Å². The van der Waals surface area contributed by atoms with Crippen molar-refractivity contribution in [2.45, 2.75) is 24.3 Å². The lowest BCUT2D eigenvalue weighted by Gasteiger charge is -2.11. The number of aromatic nitrogens is 4. The lowest BCUT2D eigenvalue weighted by atomic mass is 10.1. The Labute approximate surface area is 200 Å². The van der Waals surface area contributed by atoms with Gasteiger partial charge in [-0.15, -0.1) is 10.2 Å². The van der Waals surface area contributed by atoms with E-state index in [1.165, 1.54) is 23.4 Å². The summed E-state index contributed by atoms with van der Waals surface area (Å²) in [7, 11) is 1.58. The van der Waals surface area contributed by atoms with Crippen LogP contribution in [0.2, 0.25) is 0 Å². The van der Waals surface area contributed by atoms with Crippen molar-refractivity contribution < 1.29 is 9.15 Å². The Balaban J connectivity index is 1.55. The average Bonchev–Trinajstić information content (AvgIpc) is 3.31. The normalized spacial score (nSPS) is 11.1. The van der Waals surface area contributed by atoms with Crippen molar-refractivity contribution in [1.82, 2.24) is 19.7 Å². The summed E-state index contributed by atoms with van der Waals surface area (Å²) in [6, 6.07) is 19.2. The second-order valence-corrected chi connectivity index (χ2v) is 8.58. The minimum atomic E-state index is -0.398. The lowest BCUT2D eigenvalue weighted by Crippen LogP contribution is -2.02. The van der Waals surface area contributed by atoms with Crippen molar-refractivity contribution in [3.63, 3.8) is 0 Å². The molecule has 0 unspecified atom stereocenters. The molecule has 8 heteroatoms. The molecular formula is C26H22N4O3S. The molecule has 0 spiro atoms. The van der Waals surface area contributed by atoms with E-state index in [1.807, 2.05) is 28.8 Å². The third-order valence-corrected chi connectivity index (χ3v) is 6.55. The van der Waals surface area contributed by atoms with Crippen molar-refractivity contribution in [2.75, 3.05) is 7.11 Å². The zero-order chi connectivity index (χ0) is 23.5. The fourth-order valence-corrected chi connectivity index (χ4v) is 4.71. The molecule has 34 heavy (non-hydrogen) atoms. The highest BCUT2D eigenvalue weighted by atomic mass is 32.2. The van der Waals surface area contributed by atoms with E-state index in [0.29, 0.717) is 17.1 Å². The molecule has 5 rings (SSSR count). The van der Waals surface area contributed by atoms with E-state index >= 15 is 0 Å². The van der Waals surface area contributed by atoms with Gasteiger partial charge >= 0.3 is 5.63 Å². The Morgan fingerprint density at radius 1 is 1.00 bits per heavy atom. The minimum Gasteiger partial charge on any atom is -0.497 e. The first kappa shape index (κ1) is 21.9. The van der Waals surface area contributed by atoms with Crippen LogP contribution in [0.15, 0.2) is 87.4 Å². The van der Waals surface area contributed by atoms with Gasteiger partial charge in [-0.05, 0) is 53.9 Å². The van der Waals surface area contributed by atoms with E-state index in [0.717, 1.165) is 39.6 Å². The second kappa shape index (κ2) is 9.52. The summed E-state index contributed by atoms with van der Waals surface area (Å²) in [6.45, 7) is 2.13. The molecule has 0 radical (unpaired) electrons. The number of thioether (sulfide) groups is 1. The SMILES string of the molecule is CCc1ccc(-n2c(SCc3cc(=O)oc4cc(OC)ccc34)nnc2-c2ccncc2)cc1. The van der Waals surface area contributed by atoms with Gasteiger partial charge in [0.05, 0.1) is 7.11 Å². The maximum absolute atomic E-state index is 12.2. The van der Waals surface area contributed by atoms with E-state index in [9.17, 15) is 4.79 Å². The van der Waals surface area contributed by atoms with Crippen LogP contribution in [-0.2, 0) is 12.2 Å². The van der Waals surface area contributed by atoms with E-state index in [1.54, 1.807) is 25.6 Å². The lowest BCUT2D eigenvalue weighted by molar-refractivity contribution is 0.414. The first-order valence-corrected chi connectivity index (χ1v) is 11.8. The molecule has 0 saturated heterocycles. The summed E-state index contributed by atoms with van der Waals surface area (Å²) in [5.74, 6) is 1.89. The first-order chi connectivity index (χ1) is 16.7. The summed E-state index contributed by atoms with van der Waals surface area (Å²) in [5.41, 5.74) is 4.11. The van der Waals surface area contributed by atoms with E-state index in [-0.39, 0.29) is 0 Å². The van der Waals surface area contributed by atoms with Crippen LogP contribution < -0.4 is 10.4 Å². The maximum atomic E-state index is 12.2. The number of ether oxygens (including phenoxy) is 1. The number of nitrogens with zero attached hydrogens (tertiary/aromatic N) is 4. The topological polar surface area (TPSA) is 83.0 Å². The van der Waals surface area contributed by atoms with Crippen LogP contribution in [0, 0.1) is 0 Å². The molecule has 2 aromatic carbocycles. The molecule has 7 nitrogen and oxygen atoms in total. The van der Waals surface area contributed by atoms with Gasteiger partial charge in [0.1, 0.15) is 11.3 Å². The van der Waals surface area contributed by atoms with Gasteiger partial charge in [0.15, 0.2) is 11.0 Å². The van der Waals surface area contributed by atoms with Gasteiger partial charge in [-0.3, -0.25) is 9.55 Å². The van der Waals surface area contributed by atoms with E-state index in [4.69, 9.17) is 9.15 Å². The number of hydrogen-bond acceptors (Lipinski definition) is 7. The molecule has 0 aliphatic heterocycles. The predicted molar refractivity (Wildman–Crippen MR) is 133 cm³/mol. The molecule has 170 valence electrons. The van der Waals surface area contributed by atoms with Crippen LogP contribution in [-0.4, -0.2) is 26.9 Å².